The Morgan fingerprint density at radius 1 is 1.05 bits per heavy atom. The molecule has 0 radical (unpaired) electrons. The van der Waals surface area contributed by atoms with Gasteiger partial charge in [-0.2, -0.15) is 0 Å². The van der Waals surface area contributed by atoms with E-state index >= 15 is 0 Å². The summed E-state index contributed by atoms with van der Waals surface area (Å²) in [6.07, 6.45) is 1.14. The van der Waals surface area contributed by atoms with Crippen molar-refractivity contribution >= 4 is 17.8 Å². The van der Waals surface area contributed by atoms with E-state index in [4.69, 9.17) is 10.8 Å². The molecule has 7 heteroatoms. The summed E-state index contributed by atoms with van der Waals surface area (Å²) in [6, 6.07) is -2.49. The highest BCUT2D eigenvalue weighted by molar-refractivity contribution is 5.91. The molecule has 0 heterocycles. The van der Waals surface area contributed by atoms with E-state index in [1.54, 1.807) is 6.92 Å². The number of carbonyl (C=O) groups excluding carboxylic acids is 2. The summed E-state index contributed by atoms with van der Waals surface area (Å²) < 4.78 is 0. The highest BCUT2D eigenvalue weighted by atomic mass is 16.4. The number of nitrogens with two attached hydrogens (primary N) is 1. The zero-order valence-electron chi connectivity index (χ0n) is 14.1. The molecule has 128 valence electrons. The maximum absolute atomic E-state index is 12.0. The van der Waals surface area contributed by atoms with Crippen LogP contribution in [0, 0.1) is 11.8 Å². The Labute approximate surface area is 132 Å². The molecule has 0 saturated heterocycles. The van der Waals surface area contributed by atoms with Crippen LogP contribution in [0.5, 0.6) is 0 Å². The van der Waals surface area contributed by atoms with Crippen LogP contribution in [0.2, 0.25) is 0 Å². The number of hydrogen-bond donors (Lipinski definition) is 4. The van der Waals surface area contributed by atoms with E-state index in [0.29, 0.717) is 12.8 Å². The minimum Gasteiger partial charge on any atom is -0.480 e. The third kappa shape index (κ3) is 6.89. The van der Waals surface area contributed by atoms with Crippen molar-refractivity contribution in [2.45, 2.75) is 65.6 Å². The molecule has 22 heavy (non-hydrogen) atoms. The van der Waals surface area contributed by atoms with Crippen LogP contribution in [0.25, 0.3) is 0 Å². The Morgan fingerprint density at radius 3 is 2.00 bits per heavy atom. The predicted octanol–water partition coefficient (Wildman–Crippen LogP) is 0.480. The molecule has 0 aliphatic rings. The van der Waals surface area contributed by atoms with Crippen molar-refractivity contribution in [3.05, 3.63) is 0 Å². The molecular formula is C15H29N3O4. The highest BCUT2D eigenvalue weighted by Gasteiger charge is 2.28. The smallest absolute Gasteiger partial charge is 0.326 e. The van der Waals surface area contributed by atoms with Gasteiger partial charge in [-0.15, -0.1) is 0 Å². The molecule has 0 saturated carbocycles. The third-order valence-corrected chi connectivity index (χ3v) is 3.59. The van der Waals surface area contributed by atoms with Crippen LogP contribution in [0.15, 0.2) is 0 Å². The zero-order valence-corrected chi connectivity index (χ0v) is 14.1. The normalized spacial score (nSPS) is 16.5. The van der Waals surface area contributed by atoms with E-state index in [1.807, 2.05) is 20.8 Å². The van der Waals surface area contributed by atoms with Gasteiger partial charge in [-0.3, -0.25) is 9.59 Å². The van der Waals surface area contributed by atoms with Gasteiger partial charge in [0.2, 0.25) is 11.8 Å². The molecule has 0 rings (SSSR count). The molecule has 0 aromatic heterocycles. The van der Waals surface area contributed by atoms with Gasteiger partial charge in [0.25, 0.3) is 0 Å². The van der Waals surface area contributed by atoms with Crippen LogP contribution < -0.4 is 16.4 Å². The van der Waals surface area contributed by atoms with Crippen molar-refractivity contribution in [1.29, 1.82) is 0 Å². The minimum atomic E-state index is -1.09. The number of hydrogen-bond acceptors (Lipinski definition) is 4. The summed E-state index contributed by atoms with van der Waals surface area (Å²) in [5.74, 6) is -1.96. The second-order valence-corrected chi connectivity index (χ2v) is 6.18. The fourth-order valence-electron chi connectivity index (χ4n) is 1.96. The van der Waals surface area contributed by atoms with Gasteiger partial charge in [-0.05, 0) is 25.2 Å². The molecular weight excluding hydrogens is 286 g/mol. The van der Waals surface area contributed by atoms with Crippen LogP contribution in [0.3, 0.4) is 0 Å². The quantitative estimate of drug-likeness (QED) is 0.493. The summed E-state index contributed by atoms with van der Waals surface area (Å²) in [5.41, 5.74) is 5.75. The first-order valence-electron chi connectivity index (χ1n) is 7.69. The molecule has 7 nitrogen and oxygen atoms in total. The lowest BCUT2D eigenvalue weighted by Crippen LogP contribution is -2.54. The Balaban J connectivity index is 4.59. The van der Waals surface area contributed by atoms with Crippen molar-refractivity contribution < 1.29 is 19.5 Å². The summed E-state index contributed by atoms with van der Waals surface area (Å²) in [5, 5.41) is 14.1. The third-order valence-electron chi connectivity index (χ3n) is 3.59. The lowest BCUT2D eigenvalue weighted by molar-refractivity contribution is -0.143. The molecule has 0 aromatic rings. The Morgan fingerprint density at radius 2 is 1.59 bits per heavy atom. The van der Waals surface area contributed by atoms with E-state index in [1.165, 1.54) is 6.92 Å². The standard InChI is InChI=1S/C15H29N3O4/c1-6-9(4)12(15(21)22)18-13(19)10(5)17-14(20)11(16)7-8(2)3/h8-12H,6-7,16H2,1-5H3,(H,17,20)(H,18,19)(H,21,22)/t9-,10-,11-,12-/m0/s1. The van der Waals surface area contributed by atoms with Gasteiger partial charge in [0.1, 0.15) is 12.1 Å². The van der Waals surface area contributed by atoms with Crippen molar-refractivity contribution in [2.24, 2.45) is 17.6 Å². The van der Waals surface area contributed by atoms with Crippen LogP contribution >= 0.6 is 0 Å². The SMILES string of the molecule is CC[C@H](C)[C@H](NC(=O)[C@H](C)NC(=O)[C@@H](N)CC(C)C)C(=O)O. The van der Waals surface area contributed by atoms with E-state index in [9.17, 15) is 14.4 Å². The number of nitrogens with one attached hydrogen (secondary N) is 2. The van der Waals surface area contributed by atoms with Crippen molar-refractivity contribution in [1.82, 2.24) is 10.6 Å². The molecule has 0 unspecified atom stereocenters. The van der Waals surface area contributed by atoms with Crippen molar-refractivity contribution in [3.8, 4) is 0 Å². The number of carboxylic acids is 1. The number of aliphatic carboxylic acids is 1. The van der Waals surface area contributed by atoms with Gasteiger partial charge in [-0.25, -0.2) is 4.79 Å². The van der Waals surface area contributed by atoms with Gasteiger partial charge in [0.15, 0.2) is 0 Å². The molecule has 0 aliphatic carbocycles. The van der Waals surface area contributed by atoms with Crippen LogP contribution in [-0.4, -0.2) is 41.0 Å². The first-order valence-corrected chi connectivity index (χ1v) is 7.69. The van der Waals surface area contributed by atoms with Crippen LogP contribution in [-0.2, 0) is 14.4 Å². The Kier molecular flexibility index (Phi) is 8.70. The number of rotatable bonds is 9. The van der Waals surface area contributed by atoms with Crippen molar-refractivity contribution in [3.63, 3.8) is 0 Å². The maximum Gasteiger partial charge on any atom is 0.326 e. The maximum atomic E-state index is 12.0. The van der Waals surface area contributed by atoms with Gasteiger partial charge < -0.3 is 21.5 Å². The Bertz CT molecular complexity index is 398. The molecule has 0 spiro atoms. The largest absolute Gasteiger partial charge is 0.480 e. The first kappa shape index (κ1) is 20.4. The fraction of sp³-hybridized carbons (Fsp3) is 0.800. The van der Waals surface area contributed by atoms with Crippen LogP contribution in [0.4, 0.5) is 0 Å². The second-order valence-electron chi connectivity index (χ2n) is 6.18. The van der Waals surface area contributed by atoms with E-state index in [2.05, 4.69) is 10.6 Å². The molecule has 5 N–H and O–H groups in total. The lowest BCUT2D eigenvalue weighted by atomic mass is 9.99. The second kappa shape index (κ2) is 9.40. The summed E-state index contributed by atoms with van der Waals surface area (Å²) in [4.78, 5) is 35.1. The highest BCUT2D eigenvalue weighted by Crippen LogP contribution is 2.08. The predicted molar refractivity (Wildman–Crippen MR) is 84.1 cm³/mol. The molecule has 0 aliphatic heterocycles. The summed E-state index contributed by atoms with van der Waals surface area (Å²) >= 11 is 0. The first-order chi connectivity index (χ1) is 10.1. The minimum absolute atomic E-state index is 0.201. The van der Waals surface area contributed by atoms with E-state index in [0.717, 1.165) is 0 Å². The number of carbonyl (C=O) groups is 3. The molecule has 2 amide bonds. The monoisotopic (exact) mass is 315 g/mol. The fourth-order valence-corrected chi connectivity index (χ4v) is 1.96. The van der Waals surface area contributed by atoms with Gasteiger partial charge in [-0.1, -0.05) is 34.1 Å². The average Bonchev–Trinajstić information content (AvgIpc) is 2.42. The number of carboxylic acid groups (broad SMARTS) is 1. The average molecular weight is 315 g/mol. The van der Waals surface area contributed by atoms with Crippen LogP contribution in [0.1, 0.15) is 47.5 Å². The van der Waals surface area contributed by atoms with Gasteiger partial charge in [0, 0.05) is 0 Å². The van der Waals surface area contributed by atoms with E-state index < -0.39 is 35.9 Å². The van der Waals surface area contributed by atoms with Gasteiger partial charge >= 0.3 is 5.97 Å². The summed E-state index contributed by atoms with van der Waals surface area (Å²) in [7, 11) is 0. The molecule has 0 bridgehead atoms. The lowest BCUT2D eigenvalue weighted by Gasteiger charge is -2.23. The van der Waals surface area contributed by atoms with Crippen molar-refractivity contribution in [2.75, 3.05) is 0 Å². The number of amides is 2. The van der Waals surface area contributed by atoms with Gasteiger partial charge in [0.05, 0.1) is 6.04 Å². The molecule has 0 fully saturated rings. The van der Waals surface area contributed by atoms with E-state index in [-0.39, 0.29) is 11.8 Å². The molecule has 4 atom stereocenters. The Hall–Kier alpha value is -1.63. The topological polar surface area (TPSA) is 122 Å². The summed E-state index contributed by atoms with van der Waals surface area (Å²) in [6.45, 7) is 9.01. The molecule has 0 aromatic carbocycles. The zero-order chi connectivity index (χ0) is 17.4.